The first kappa shape index (κ1) is 15.9. The normalized spacial score (nSPS) is 10.2. The van der Waals surface area contributed by atoms with Crippen molar-refractivity contribution >= 4 is 17.5 Å². The Balaban J connectivity index is 3.09. The molecule has 0 bridgehead atoms. The van der Waals surface area contributed by atoms with E-state index in [1.165, 1.54) is 6.07 Å². The van der Waals surface area contributed by atoms with Gasteiger partial charge in [0.1, 0.15) is 6.54 Å². The Hall–Kier alpha value is -2.18. The van der Waals surface area contributed by atoms with Gasteiger partial charge in [-0.1, -0.05) is 6.92 Å². The summed E-state index contributed by atoms with van der Waals surface area (Å²) >= 11 is 0. The number of rotatable bonds is 7. The molecule has 110 valence electrons. The quantitative estimate of drug-likeness (QED) is 0.432. The number of ether oxygens (including phenoxy) is 1. The van der Waals surface area contributed by atoms with Gasteiger partial charge in [0.05, 0.1) is 11.5 Å². The van der Waals surface area contributed by atoms with Crippen LogP contribution in [0.4, 0.5) is 11.5 Å². The molecule has 0 aromatic carbocycles. The van der Waals surface area contributed by atoms with Crippen molar-refractivity contribution in [3.63, 3.8) is 0 Å². The van der Waals surface area contributed by atoms with Crippen LogP contribution in [-0.4, -0.2) is 35.6 Å². The summed E-state index contributed by atoms with van der Waals surface area (Å²) in [6, 6.07) is 2.99. The van der Waals surface area contributed by atoms with Crippen LogP contribution >= 0.6 is 0 Å². The van der Waals surface area contributed by atoms with Crippen molar-refractivity contribution in [1.82, 2.24) is 4.98 Å². The summed E-state index contributed by atoms with van der Waals surface area (Å²) < 4.78 is 4.89. The first-order chi connectivity index (χ1) is 9.49. The molecule has 0 saturated heterocycles. The lowest BCUT2D eigenvalue weighted by molar-refractivity contribution is -0.384. The zero-order valence-electron chi connectivity index (χ0n) is 12.0. The number of anilines is 1. The monoisotopic (exact) mass is 281 g/mol. The van der Waals surface area contributed by atoms with E-state index >= 15 is 0 Å². The number of hydrogen-bond donors (Lipinski definition) is 0. The average molecular weight is 281 g/mol. The molecule has 0 aliphatic heterocycles. The van der Waals surface area contributed by atoms with E-state index in [2.05, 4.69) is 4.98 Å². The van der Waals surface area contributed by atoms with Crippen molar-refractivity contribution in [3.05, 3.63) is 27.9 Å². The Morgan fingerprint density at radius 3 is 2.70 bits per heavy atom. The predicted molar refractivity (Wildman–Crippen MR) is 74.8 cm³/mol. The summed E-state index contributed by atoms with van der Waals surface area (Å²) in [7, 11) is 0. The number of esters is 1. The summed E-state index contributed by atoms with van der Waals surface area (Å²) in [5, 5.41) is 11.1. The van der Waals surface area contributed by atoms with Crippen LogP contribution in [-0.2, 0) is 9.53 Å². The van der Waals surface area contributed by atoms with E-state index in [1.807, 2.05) is 6.92 Å². The number of nitrogens with zero attached hydrogens (tertiary/aromatic N) is 3. The fourth-order valence-electron chi connectivity index (χ4n) is 1.80. The Morgan fingerprint density at radius 2 is 2.15 bits per heavy atom. The minimum atomic E-state index is -0.490. The summed E-state index contributed by atoms with van der Waals surface area (Å²) in [6.07, 6.45) is 0.742. The summed E-state index contributed by atoms with van der Waals surface area (Å²) in [5.74, 6) is -0.205. The number of carbonyl (C=O) groups is 1. The molecule has 1 aromatic rings. The van der Waals surface area contributed by atoms with E-state index in [1.54, 1.807) is 24.8 Å². The molecule has 0 fully saturated rings. The van der Waals surface area contributed by atoms with Gasteiger partial charge in [-0.05, 0) is 26.3 Å². The molecule has 20 heavy (non-hydrogen) atoms. The number of pyridine rings is 1. The second-order valence-electron chi connectivity index (χ2n) is 4.28. The van der Waals surface area contributed by atoms with Crippen molar-refractivity contribution in [2.45, 2.75) is 27.2 Å². The van der Waals surface area contributed by atoms with Gasteiger partial charge >= 0.3 is 11.7 Å². The molecule has 1 heterocycles. The molecule has 1 rings (SSSR count). The second kappa shape index (κ2) is 7.42. The van der Waals surface area contributed by atoms with Gasteiger partial charge < -0.3 is 9.64 Å². The van der Waals surface area contributed by atoms with Gasteiger partial charge in [0, 0.05) is 18.3 Å². The molecule has 0 aliphatic carbocycles. The molecule has 0 spiro atoms. The number of hydrogen-bond acceptors (Lipinski definition) is 6. The highest BCUT2D eigenvalue weighted by atomic mass is 16.6. The van der Waals surface area contributed by atoms with Crippen LogP contribution < -0.4 is 4.90 Å². The van der Waals surface area contributed by atoms with Crippen molar-refractivity contribution in [3.8, 4) is 0 Å². The molecular formula is C13H19N3O4. The van der Waals surface area contributed by atoms with Gasteiger partial charge in [0.2, 0.25) is 5.82 Å². The molecule has 0 N–H and O–H groups in total. The maximum atomic E-state index is 11.6. The minimum Gasteiger partial charge on any atom is -0.465 e. The van der Waals surface area contributed by atoms with Crippen molar-refractivity contribution in [2.75, 3.05) is 24.6 Å². The van der Waals surface area contributed by atoms with E-state index in [4.69, 9.17) is 4.74 Å². The van der Waals surface area contributed by atoms with Crippen molar-refractivity contribution in [1.29, 1.82) is 0 Å². The minimum absolute atomic E-state index is 0.0427. The third kappa shape index (κ3) is 4.18. The Labute approximate surface area is 117 Å². The maximum Gasteiger partial charge on any atom is 0.325 e. The third-order valence-corrected chi connectivity index (χ3v) is 2.61. The number of carbonyl (C=O) groups excluding carboxylic acids is 1. The molecule has 0 saturated carbocycles. The van der Waals surface area contributed by atoms with Crippen LogP contribution in [0, 0.1) is 17.0 Å². The smallest absolute Gasteiger partial charge is 0.325 e. The van der Waals surface area contributed by atoms with E-state index < -0.39 is 10.9 Å². The second-order valence-corrected chi connectivity index (χ2v) is 4.28. The third-order valence-electron chi connectivity index (χ3n) is 2.61. The zero-order chi connectivity index (χ0) is 15.1. The predicted octanol–water partition coefficient (Wildman–Crippen LogP) is 2.08. The van der Waals surface area contributed by atoms with E-state index in [0.717, 1.165) is 6.42 Å². The van der Waals surface area contributed by atoms with Gasteiger partial charge in [-0.2, -0.15) is 0 Å². The van der Waals surface area contributed by atoms with Gasteiger partial charge in [0.25, 0.3) is 0 Å². The fourth-order valence-corrected chi connectivity index (χ4v) is 1.80. The van der Waals surface area contributed by atoms with Crippen LogP contribution in [0.15, 0.2) is 12.1 Å². The lowest BCUT2D eigenvalue weighted by atomic mass is 10.3. The zero-order valence-corrected chi connectivity index (χ0v) is 12.0. The number of nitro groups is 1. The number of aryl methyl sites for hydroxylation is 1. The maximum absolute atomic E-state index is 11.6. The van der Waals surface area contributed by atoms with Gasteiger partial charge in [-0.15, -0.1) is 0 Å². The van der Waals surface area contributed by atoms with Crippen LogP contribution in [0.3, 0.4) is 0 Å². The highest BCUT2D eigenvalue weighted by Crippen LogP contribution is 2.26. The van der Waals surface area contributed by atoms with Crippen LogP contribution in [0.1, 0.15) is 26.0 Å². The van der Waals surface area contributed by atoms with Crippen LogP contribution in [0.5, 0.6) is 0 Å². The molecule has 7 nitrogen and oxygen atoms in total. The highest BCUT2D eigenvalue weighted by Gasteiger charge is 2.23. The molecule has 0 radical (unpaired) electrons. The van der Waals surface area contributed by atoms with Crippen LogP contribution in [0.25, 0.3) is 0 Å². The lowest BCUT2D eigenvalue weighted by Gasteiger charge is -2.22. The SMILES string of the molecule is CCCN(CC(=O)OCC)c1nc(C)ccc1[N+](=O)[O-]. The molecule has 0 atom stereocenters. The Kier molecular flexibility index (Phi) is 5.89. The van der Waals surface area contributed by atoms with Gasteiger partial charge in [-0.25, -0.2) is 4.98 Å². The molecule has 7 heteroatoms. The molecular weight excluding hydrogens is 262 g/mol. The highest BCUT2D eigenvalue weighted by molar-refractivity contribution is 5.76. The topological polar surface area (TPSA) is 85.6 Å². The van der Waals surface area contributed by atoms with Crippen molar-refractivity contribution < 1.29 is 14.5 Å². The Bertz CT molecular complexity index is 491. The summed E-state index contributed by atoms with van der Waals surface area (Å²) in [4.78, 5) is 28.0. The molecule has 1 aromatic heterocycles. The molecule has 0 aliphatic rings. The standard InChI is InChI=1S/C13H19N3O4/c1-4-8-15(9-12(17)20-5-2)13-11(16(18)19)7-6-10(3)14-13/h6-7H,4-5,8-9H2,1-3H3. The fraction of sp³-hybridized carbons (Fsp3) is 0.538. The first-order valence-corrected chi connectivity index (χ1v) is 6.52. The summed E-state index contributed by atoms with van der Waals surface area (Å²) in [6.45, 7) is 6.13. The van der Waals surface area contributed by atoms with Gasteiger partial charge in [0.15, 0.2) is 0 Å². The molecule has 0 amide bonds. The van der Waals surface area contributed by atoms with Gasteiger partial charge in [-0.3, -0.25) is 14.9 Å². The van der Waals surface area contributed by atoms with E-state index in [9.17, 15) is 14.9 Å². The van der Waals surface area contributed by atoms with Crippen molar-refractivity contribution in [2.24, 2.45) is 0 Å². The van der Waals surface area contributed by atoms with E-state index in [-0.39, 0.29) is 24.7 Å². The summed E-state index contributed by atoms with van der Waals surface area (Å²) in [5.41, 5.74) is 0.559. The Morgan fingerprint density at radius 1 is 1.45 bits per heavy atom. The largest absolute Gasteiger partial charge is 0.465 e. The van der Waals surface area contributed by atoms with E-state index in [0.29, 0.717) is 12.2 Å². The van der Waals surface area contributed by atoms with Crippen LogP contribution in [0.2, 0.25) is 0 Å². The molecule has 0 unspecified atom stereocenters. The number of aromatic nitrogens is 1. The lowest BCUT2D eigenvalue weighted by Crippen LogP contribution is -2.33. The first-order valence-electron chi connectivity index (χ1n) is 6.52. The average Bonchev–Trinajstić information content (AvgIpc) is 2.38.